The van der Waals surface area contributed by atoms with Crippen LogP contribution < -0.4 is 4.74 Å². The molecule has 1 aromatic carbocycles. The van der Waals surface area contributed by atoms with E-state index in [1.54, 1.807) is 6.21 Å². The second-order valence-corrected chi connectivity index (χ2v) is 6.01. The molecule has 0 spiro atoms. The maximum absolute atomic E-state index is 5.83. The predicted octanol–water partition coefficient (Wildman–Crippen LogP) is 3.48. The van der Waals surface area contributed by atoms with Crippen LogP contribution in [0.3, 0.4) is 0 Å². The molecule has 3 aromatic rings. The quantitative estimate of drug-likeness (QED) is 0.570. The van der Waals surface area contributed by atoms with Gasteiger partial charge in [-0.15, -0.1) is 0 Å². The van der Waals surface area contributed by atoms with Crippen LogP contribution in [-0.2, 0) is 19.4 Å². The molecule has 122 valence electrons. The first-order valence-corrected chi connectivity index (χ1v) is 8.18. The highest BCUT2D eigenvalue weighted by Gasteiger charge is 2.11. The normalized spacial score (nSPS) is 13.5. The molecule has 0 saturated carbocycles. The predicted molar refractivity (Wildman–Crippen MR) is 91.9 cm³/mol. The molecule has 1 N–H and O–H groups in total. The Hall–Kier alpha value is -2.67. The maximum Gasteiger partial charge on any atom is 0.216 e. The summed E-state index contributed by atoms with van der Waals surface area (Å²) in [5, 5.41) is 10.6. The highest BCUT2D eigenvalue weighted by Crippen LogP contribution is 2.26. The number of rotatable bonds is 5. The van der Waals surface area contributed by atoms with Gasteiger partial charge in [-0.25, -0.2) is 0 Å². The summed E-state index contributed by atoms with van der Waals surface area (Å²) in [6, 6.07) is 10.0. The average Bonchev–Trinajstić information content (AvgIpc) is 3.31. The van der Waals surface area contributed by atoms with Crippen molar-refractivity contribution in [3.8, 4) is 5.75 Å². The zero-order valence-corrected chi connectivity index (χ0v) is 13.8. The molecule has 0 fully saturated rings. The number of hydrogen-bond acceptors (Lipinski definition) is 5. The van der Waals surface area contributed by atoms with Crippen LogP contribution >= 0.6 is 12.2 Å². The Kier molecular flexibility index (Phi) is 4.00. The highest BCUT2D eigenvalue weighted by molar-refractivity contribution is 7.71. The van der Waals surface area contributed by atoms with E-state index in [1.165, 1.54) is 35.0 Å². The molecule has 4 rings (SSSR count). The van der Waals surface area contributed by atoms with Crippen LogP contribution in [0.2, 0.25) is 0 Å². The van der Waals surface area contributed by atoms with Gasteiger partial charge in [0.1, 0.15) is 30.2 Å². The number of benzene rings is 1. The summed E-state index contributed by atoms with van der Waals surface area (Å²) in [7, 11) is 0. The Morgan fingerprint density at radius 2 is 2.21 bits per heavy atom. The Morgan fingerprint density at radius 1 is 1.29 bits per heavy atom. The van der Waals surface area contributed by atoms with E-state index in [0.29, 0.717) is 17.1 Å². The topological polar surface area (TPSA) is 68.3 Å². The average molecular weight is 340 g/mol. The van der Waals surface area contributed by atoms with Gasteiger partial charge in [-0.05, 0) is 66.9 Å². The molecule has 2 heterocycles. The van der Waals surface area contributed by atoms with Crippen LogP contribution in [0.1, 0.15) is 29.1 Å². The molecule has 1 aliphatic carbocycles. The SMILES string of the molecule is S=c1[nH]ncn1/N=C\c1ccc(COc2ccc3c(c2)CCC3)o1. The molecule has 24 heavy (non-hydrogen) atoms. The number of hydrogen-bond donors (Lipinski definition) is 1. The summed E-state index contributed by atoms with van der Waals surface area (Å²) in [5.41, 5.74) is 2.84. The monoisotopic (exact) mass is 340 g/mol. The van der Waals surface area contributed by atoms with E-state index >= 15 is 0 Å². The number of nitrogens with one attached hydrogen (secondary N) is 1. The molecule has 1 aliphatic rings. The van der Waals surface area contributed by atoms with Crippen molar-refractivity contribution in [2.45, 2.75) is 25.9 Å². The van der Waals surface area contributed by atoms with Crippen molar-refractivity contribution in [3.05, 3.63) is 64.1 Å². The van der Waals surface area contributed by atoms with Gasteiger partial charge in [-0.3, -0.25) is 5.10 Å². The summed E-state index contributed by atoms with van der Waals surface area (Å²) in [4.78, 5) is 0. The molecule has 2 aromatic heterocycles. The number of nitrogens with zero attached hydrogens (tertiary/aromatic N) is 3. The number of aromatic amines is 1. The van der Waals surface area contributed by atoms with Crippen molar-refractivity contribution >= 4 is 18.4 Å². The number of fused-ring (bicyclic) bond motifs is 1. The number of aromatic nitrogens is 3. The van der Waals surface area contributed by atoms with E-state index in [2.05, 4.69) is 27.4 Å². The van der Waals surface area contributed by atoms with Crippen LogP contribution in [0.15, 0.2) is 46.2 Å². The van der Waals surface area contributed by atoms with E-state index in [4.69, 9.17) is 21.4 Å². The standard InChI is InChI=1S/C17H16N4O2S/c24-17-20-18-11-21(17)19-9-15-6-7-16(23-15)10-22-14-5-4-12-2-1-3-13(12)8-14/h4-9,11H,1-3,10H2,(H,20,24)/b19-9-. The van der Waals surface area contributed by atoms with Gasteiger partial charge in [-0.2, -0.15) is 14.9 Å². The van der Waals surface area contributed by atoms with Crippen LogP contribution in [0.25, 0.3) is 0 Å². The Morgan fingerprint density at radius 3 is 3.08 bits per heavy atom. The molecule has 0 unspecified atom stereocenters. The molecular weight excluding hydrogens is 324 g/mol. The van der Waals surface area contributed by atoms with E-state index < -0.39 is 0 Å². The minimum Gasteiger partial charge on any atom is -0.486 e. The third-order valence-corrected chi connectivity index (χ3v) is 4.26. The zero-order valence-electron chi connectivity index (χ0n) is 12.9. The lowest BCUT2D eigenvalue weighted by atomic mass is 10.1. The number of aryl methyl sites for hydroxylation is 2. The molecule has 0 aliphatic heterocycles. The summed E-state index contributed by atoms with van der Waals surface area (Å²) in [6.45, 7) is 0.387. The first-order chi connectivity index (χ1) is 11.8. The van der Waals surface area contributed by atoms with E-state index in [1.807, 2.05) is 18.2 Å². The molecule has 0 bridgehead atoms. The van der Waals surface area contributed by atoms with Gasteiger partial charge in [0.15, 0.2) is 0 Å². The van der Waals surface area contributed by atoms with Crippen molar-refractivity contribution in [2.75, 3.05) is 0 Å². The number of furan rings is 1. The van der Waals surface area contributed by atoms with E-state index in [0.717, 1.165) is 17.9 Å². The third-order valence-electron chi connectivity index (χ3n) is 3.98. The van der Waals surface area contributed by atoms with Crippen LogP contribution in [0.5, 0.6) is 5.75 Å². The second kappa shape index (κ2) is 6.45. The Balaban J connectivity index is 1.39. The fraction of sp³-hybridized carbons (Fsp3) is 0.235. The third kappa shape index (κ3) is 3.16. The smallest absolute Gasteiger partial charge is 0.216 e. The van der Waals surface area contributed by atoms with Crippen molar-refractivity contribution in [1.82, 2.24) is 14.9 Å². The fourth-order valence-corrected chi connectivity index (χ4v) is 2.92. The van der Waals surface area contributed by atoms with Gasteiger partial charge in [0.05, 0.1) is 6.21 Å². The first kappa shape index (κ1) is 14.9. The molecule has 7 heteroatoms. The summed E-state index contributed by atoms with van der Waals surface area (Å²) >= 11 is 5.02. The van der Waals surface area contributed by atoms with Crippen LogP contribution in [0.4, 0.5) is 0 Å². The van der Waals surface area contributed by atoms with Gasteiger partial charge in [-0.1, -0.05) is 6.07 Å². The lowest BCUT2D eigenvalue weighted by Crippen LogP contribution is -1.95. The summed E-state index contributed by atoms with van der Waals surface area (Å²) < 4.78 is 13.4. The zero-order chi connectivity index (χ0) is 16.4. The first-order valence-electron chi connectivity index (χ1n) is 7.78. The molecular formula is C17H16N4O2S. The molecule has 0 atom stereocenters. The maximum atomic E-state index is 5.83. The molecule has 6 nitrogen and oxygen atoms in total. The van der Waals surface area contributed by atoms with Crippen molar-refractivity contribution in [2.24, 2.45) is 5.10 Å². The molecule has 0 amide bonds. The van der Waals surface area contributed by atoms with Crippen molar-refractivity contribution in [3.63, 3.8) is 0 Å². The number of ether oxygens (including phenoxy) is 1. The van der Waals surface area contributed by atoms with E-state index in [-0.39, 0.29) is 0 Å². The van der Waals surface area contributed by atoms with Crippen LogP contribution in [-0.4, -0.2) is 21.1 Å². The van der Waals surface area contributed by atoms with E-state index in [9.17, 15) is 0 Å². The largest absolute Gasteiger partial charge is 0.486 e. The van der Waals surface area contributed by atoms with Gasteiger partial charge in [0.25, 0.3) is 0 Å². The number of H-pyrrole nitrogens is 1. The lowest BCUT2D eigenvalue weighted by molar-refractivity contribution is 0.269. The van der Waals surface area contributed by atoms with Gasteiger partial charge in [0.2, 0.25) is 4.77 Å². The minimum atomic E-state index is 0.387. The minimum absolute atomic E-state index is 0.387. The van der Waals surface area contributed by atoms with Gasteiger partial charge >= 0.3 is 0 Å². The van der Waals surface area contributed by atoms with Crippen molar-refractivity contribution < 1.29 is 9.15 Å². The van der Waals surface area contributed by atoms with Gasteiger partial charge in [0, 0.05) is 0 Å². The summed E-state index contributed by atoms with van der Waals surface area (Å²) in [5.74, 6) is 2.25. The van der Waals surface area contributed by atoms with Crippen LogP contribution in [0, 0.1) is 4.77 Å². The Labute approximate surface area is 143 Å². The summed E-state index contributed by atoms with van der Waals surface area (Å²) in [6.07, 6.45) is 6.64. The second-order valence-electron chi connectivity index (χ2n) is 5.63. The highest BCUT2D eigenvalue weighted by atomic mass is 32.1. The van der Waals surface area contributed by atoms with Gasteiger partial charge < -0.3 is 9.15 Å². The Bertz CT molecular complexity index is 938. The lowest BCUT2D eigenvalue weighted by Gasteiger charge is -2.06. The molecule has 0 saturated heterocycles. The van der Waals surface area contributed by atoms with Crippen molar-refractivity contribution in [1.29, 1.82) is 0 Å². The fourth-order valence-electron chi connectivity index (χ4n) is 2.78. The molecule has 0 radical (unpaired) electrons.